The third-order valence-corrected chi connectivity index (χ3v) is 2.50. The molecule has 0 atom stereocenters. The van der Waals surface area contributed by atoms with Crippen LogP contribution in [0.3, 0.4) is 0 Å². The molecule has 0 saturated carbocycles. The Labute approximate surface area is 112 Å². The van der Waals surface area contributed by atoms with Gasteiger partial charge in [-0.3, -0.25) is 14.5 Å². The number of anilines is 1. The number of nitrogens with one attached hydrogen (secondary N) is 2. The minimum Gasteiger partial charge on any atom is -0.477 e. The number of imide groups is 1. The lowest BCUT2D eigenvalue weighted by Gasteiger charge is -2.12. The SMILES string of the molecule is O=C(CN1C(=O)CNC1=O)Nc1ccnc(C(=O)O)c1. The Balaban J connectivity index is 2.01. The summed E-state index contributed by atoms with van der Waals surface area (Å²) in [5, 5.41) is 13.4. The number of carbonyl (C=O) groups is 4. The van der Waals surface area contributed by atoms with Crippen LogP contribution in [0.25, 0.3) is 0 Å². The monoisotopic (exact) mass is 278 g/mol. The predicted molar refractivity (Wildman–Crippen MR) is 64.9 cm³/mol. The molecule has 2 heterocycles. The predicted octanol–water partition coefficient (Wildman–Crippen LogP) is -0.730. The lowest BCUT2D eigenvalue weighted by Crippen LogP contribution is -2.38. The molecule has 3 N–H and O–H groups in total. The standard InChI is InChI=1S/C11H10N4O5/c16-8(5-15-9(17)4-13-11(15)20)14-6-1-2-12-7(3-6)10(18)19/h1-3H,4-5H2,(H,13,20)(H,18,19)(H,12,14,16). The van der Waals surface area contributed by atoms with Crippen LogP contribution in [0.1, 0.15) is 10.5 Å². The van der Waals surface area contributed by atoms with Crippen LogP contribution in [-0.4, -0.2) is 51.9 Å². The van der Waals surface area contributed by atoms with Gasteiger partial charge in [0.05, 0.1) is 6.54 Å². The molecule has 0 unspecified atom stereocenters. The van der Waals surface area contributed by atoms with Gasteiger partial charge in [0.25, 0.3) is 5.91 Å². The summed E-state index contributed by atoms with van der Waals surface area (Å²) in [5.41, 5.74) is -0.00718. The average Bonchev–Trinajstić information content (AvgIpc) is 2.71. The van der Waals surface area contributed by atoms with E-state index in [1.165, 1.54) is 18.3 Å². The van der Waals surface area contributed by atoms with Gasteiger partial charge in [-0.05, 0) is 12.1 Å². The molecule has 1 aromatic heterocycles. The first-order valence-electron chi connectivity index (χ1n) is 5.55. The van der Waals surface area contributed by atoms with Crippen LogP contribution >= 0.6 is 0 Å². The molecular formula is C11H10N4O5. The summed E-state index contributed by atoms with van der Waals surface area (Å²) >= 11 is 0. The van der Waals surface area contributed by atoms with Crippen molar-refractivity contribution in [3.05, 3.63) is 24.0 Å². The van der Waals surface area contributed by atoms with Crippen LogP contribution < -0.4 is 10.6 Å². The van der Waals surface area contributed by atoms with Gasteiger partial charge in [0, 0.05) is 11.9 Å². The molecule has 9 nitrogen and oxygen atoms in total. The van der Waals surface area contributed by atoms with Crippen LogP contribution in [0.2, 0.25) is 0 Å². The Morgan fingerprint density at radius 3 is 2.80 bits per heavy atom. The molecule has 0 spiro atoms. The van der Waals surface area contributed by atoms with Gasteiger partial charge in [0.1, 0.15) is 12.2 Å². The Kier molecular flexibility index (Phi) is 3.60. The second-order valence-corrected chi connectivity index (χ2v) is 3.92. The van der Waals surface area contributed by atoms with Gasteiger partial charge in [-0.1, -0.05) is 0 Å². The van der Waals surface area contributed by atoms with E-state index in [4.69, 9.17) is 5.11 Å². The summed E-state index contributed by atoms with van der Waals surface area (Å²) in [6.45, 7) is -0.570. The van der Waals surface area contributed by atoms with E-state index in [0.717, 1.165) is 4.90 Å². The number of pyridine rings is 1. The first-order valence-corrected chi connectivity index (χ1v) is 5.55. The van der Waals surface area contributed by atoms with Crippen molar-refractivity contribution >= 4 is 29.5 Å². The molecule has 0 aliphatic carbocycles. The molecule has 20 heavy (non-hydrogen) atoms. The van der Waals surface area contributed by atoms with Gasteiger partial charge < -0.3 is 15.7 Å². The third kappa shape index (κ3) is 2.88. The van der Waals surface area contributed by atoms with Crippen molar-refractivity contribution in [1.29, 1.82) is 0 Å². The molecule has 1 aliphatic rings. The minimum atomic E-state index is -1.23. The highest BCUT2D eigenvalue weighted by Gasteiger charge is 2.30. The fourth-order valence-corrected chi connectivity index (χ4v) is 1.58. The van der Waals surface area contributed by atoms with E-state index >= 15 is 0 Å². The second-order valence-electron chi connectivity index (χ2n) is 3.92. The number of amides is 4. The molecule has 2 rings (SSSR count). The average molecular weight is 278 g/mol. The summed E-state index contributed by atoms with van der Waals surface area (Å²) in [7, 11) is 0. The molecule has 9 heteroatoms. The molecule has 0 aromatic carbocycles. The summed E-state index contributed by atoms with van der Waals surface area (Å²) < 4.78 is 0. The van der Waals surface area contributed by atoms with Crippen molar-refractivity contribution in [2.75, 3.05) is 18.4 Å². The van der Waals surface area contributed by atoms with Crippen molar-refractivity contribution in [3.8, 4) is 0 Å². The highest BCUT2D eigenvalue weighted by molar-refractivity contribution is 6.06. The number of hydrogen-bond donors (Lipinski definition) is 3. The molecule has 4 amide bonds. The Hall–Kier alpha value is -2.97. The number of urea groups is 1. The fourth-order valence-electron chi connectivity index (χ4n) is 1.58. The minimum absolute atomic E-state index is 0.134. The molecule has 0 bridgehead atoms. The van der Waals surface area contributed by atoms with E-state index in [9.17, 15) is 19.2 Å². The second kappa shape index (κ2) is 5.34. The number of carboxylic acid groups (broad SMARTS) is 1. The number of hydrogen-bond acceptors (Lipinski definition) is 5. The van der Waals surface area contributed by atoms with Gasteiger partial charge in [0.15, 0.2) is 0 Å². The highest BCUT2D eigenvalue weighted by Crippen LogP contribution is 2.08. The molecular weight excluding hydrogens is 268 g/mol. The Morgan fingerprint density at radius 1 is 1.45 bits per heavy atom. The van der Waals surface area contributed by atoms with Crippen molar-refractivity contribution in [3.63, 3.8) is 0 Å². The van der Waals surface area contributed by atoms with Gasteiger partial charge in [-0.2, -0.15) is 0 Å². The summed E-state index contributed by atoms with van der Waals surface area (Å²) in [6.07, 6.45) is 1.23. The molecule has 104 valence electrons. The van der Waals surface area contributed by atoms with E-state index < -0.39 is 30.4 Å². The lowest BCUT2D eigenvalue weighted by atomic mass is 10.3. The Morgan fingerprint density at radius 2 is 2.20 bits per heavy atom. The maximum Gasteiger partial charge on any atom is 0.354 e. The van der Waals surface area contributed by atoms with Crippen LogP contribution in [0.15, 0.2) is 18.3 Å². The maximum atomic E-state index is 11.7. The zero-order valence-electron chi connectivity index (χ0n) is 10.1. The number of nitrogens with zero attached hydrogens (tertiary/aromatic N) is 2. The Bertz CT molecular complexity index is 584. The molecule has 1 aliphatic heterocycles. The zero-order valence-corrected chi connectivity index (χ0v) is 10.1. The zero-order chi connectivity index (χ0) is 14.7. The summed E-state index contributed by atoms with van der Waals surface area (Å²) in [5.74, 6) is -2.33. The quantitative estimate of drug-likeness (QED) is 0.623. The molecule has 1 fully saturated rings. The van der Waals surface area contributed by atoms with Gasteiger partial charge in [-0.25, -0.2) is 14.6 Å². The normalized spacial score (nSPS) is 14.1. The number of carboxylic acids is 1. The number of aromatic nitrogens is 1. The largest absolute Gasteiger partial charge is 0.477 e. The van der Waals surface area contributed by atoms with E-state index in [-0.39, 0.29) is 17.9 Å². The summed E-state index contributed by atoms with van der Waals surface area (Å²) in [6, 6.07) is 1.94. The number of rotatable bonds is 4. The van der Waals surface area contributed by atoms with Crippen LogP contribution in [0.4, 0.5) is 10.5 Å². The van der Waals surface area contributed by atoms with E-state index in [1.54, 1.807) is 0 Å². The van der Waals surface area contributed by atoms with E-state index in [2.05, 4.69) is 15.6 Å². The molecule has 0 radical (unpaired) electrons. The number of aromatic carboxylic acids is 1. The smallest absolute Gasteiger partial charge is 0.354 e. The first-order chi connectivity index (χ1) is 9.47. The maximum absolute atomic E-state index is 11.7. The van der Waals surface area contributed by atoms with Gasteiger partial charge in [-0.15, -0.1) is 0 Å². The lowest BCUT2D eigenvalue weighted by molar-refractivity contribution is -0.128. The number of carbonyl (C=O) groups excluding carboxylic acids is 3. The van der Waals surface area contributed by atoms with Crippen LogP contribution in [0, 0.1) is 0 Å². The van der Waals surface area contributed by atoms with Gasteiger partial charge in [0.2, 0.25) is 5.91 Å². The first kappa shape index (κ1) is 13.5. The van der Waals surface area contributed by atoms with Crippen molar-refractivity contribution in [1.82, 2.24) is 15.2 Å². The summed E-state index contributed by atoms with van der Waals surface area (Å²) in [4.78, 5) is 49.3. The van der Waals surface area contributed by atoms with Crippen molar-refractivity contribution < 1.29 is 24.3 Å². The van der Waals surface area contributed by atoms with E-state index in [1.807, 2.05) is 0 Å². The fraction of sp³-hybridized carbons (Fsp3) is 0.182. The molecule has 1 saturated heterocycles. The third-order valence-electron chi connectivity index (χ3n) is 2.50. The van der Waals surface area contributed by atoms with Crippen molar-refractivity contribution in [2.24, 2.45) is 0 Å². The molecule has 1 aromatic rings. The van der Waals surface area contributed by atoms with Crippen molar-refractivity contribution in [2.45, 2.75) is 0 Å². The highest BCUT2D eigenvalue weighted by atomic mass is 16.4. The van der Waals surface area contributed by atoms with Gasteiger partial charge >= 0.3 is 12.0 Å². The topological polar surface area (TPSA) is 129 Å². The van der Waals surface area contributed by atoms with Crippen LogP contribution in [-0.2, 0) is 9.59 Å². The van der Waals surface area contributed by atoms with Crippen LogP contribution in [0.5, 0.6) is 0 Å². The van der Waals surface area contributed by atoms with E-state index in [0.29, 0.717) is 0 Å².